The summed E-state index contributed by atoms with van der Waals surface area (Å²) in [7, 11) is 3.41. The lowest BCUT2D eigenvalue weighted by Crippen LogP contribution is -2.13. The van der Waals surface area contributed by atoms with Crippen LogP contribution in [0.5, 0.6) is 0 Å². The van der Waals surface area contributed by atoms with Crippen LogP contribution >= 0.6 is 0 Å². The van der Waals surface area contributed by atoms with Crippen LogP contribution in [0.4, 0.5) is 5.82 Å². The van der Waals surface area contributed by atoms with Gasteiger partial charge in [-0.2, -0.15) is 0 Å². The van der Waals surface area contributed by atoms with E-state index in [4.69, 9.17) is 9.47 Å². The third-order valence-corrected chi connectivity index (χ3v) is 2.39. The van der Waals surface area contributed by atoms with Crippen molar-refractivity contribution in [2.45, 2.75) is 13.8 Å². The van der Waals surface area contributed by atoms with Crippen molar-refractivity contribution in [3.63, 3.8) is 0 Å². The lowest BCUT2D eigenvalue weighted by atomic mass is 10.2. The fourth-order valence-electron chi connectivity index (χ4n) is 1.70. The van der Waals surface area contributed by atoms with Crippen LogP contribution in [-0.4, -0.2) is 36.8 Å². The zero-order chi connectivity index (χ0) is 13.7. The zero-order valence-electron chi connectivity index (χ0n) is 11.1. The molecule has 1 aromatic rings. The molecule has 0 aromatic carbocycles. The summed E-state index contributed by atoms with van der Waals surface area (Å²) in [4.78, 5) is 23.7. The Labute approximate surface area is 106 Å². The first-order valence-corrected chi connectivity index (χ1v) is 5.78. The molecule has 0 fully saturated rings. The molecule has 1 heterocycles. The Hall–Kier alpha value is -1.98. The van der Waals surface area contributed by atoms with Crippen LogP contribution < -0.4 is 5.32 Å². The van der Waals surface area contributed by atoms with Gasteiger partial charge >= 0.3 is 11.9 Å². The van der Waals surface area contributed by atoms with Gasteiger partial charge in [0.1, 0.15) is 11.4 Å². The summed E-state index contributed by atoms with van der Waals surface area (Å²) in [6.07, 6.45) is 1.55. The minimum Gasteiger partial charge on any atom is -0.462 e. The van der Waals surface area contributed by atoms with Crippen LogP contribution in [0.3, 0.4) is 0 Å². The Morgan fingerprint density at radius 2 is 1.78 bits per heavy atom. The summed E-state index contributed by atoms with van der Waals surface area (Å²) in [6.45, 7) is 3.93. The molecule has 100 valence electrons. The lowest BCUT2D eigenvalue weighted by molar-refractivity contribution is 0.0481. The largest absolute Gasteiger partial charge is 0.462 e. The van der Waals surface area contributed by atoms with Gasteiger partial charge in [0.15, 0.2) is 0 Å². The van der Waals surface area contributed by atoms with E-state index < -0.39 is 11.9 Å². The average Bonchev–Trinajstić information content (AvgIpc) is 2.66. The number of carbonyl (C=O) groups excluding carboxylic acids is 2. The van der Waals surface area contributed by atoms with E-state index in [1.807, 2.05) is 0 Å². The van der Waals surface area contributed by atoms with E-state index in [1.54, 1.807) is 38.7 Å². The number of nitrogens with one attached hydrogen (secondary N) is 1. The van der Waals surface area contributed by atoms with Crippen LogP contribution in [0.2, 0.25) is 0 Å². The number of hydrogen-bond donors (Lipinski definition) is 1. The molecule has 0 atom stereocenters. The Morgan fingerprint density at radius 1 is 1.22 bits per heavy atom. The average molecular weight is 254 g/mol. The van der Waals surface area contributed by atoms with E-state index in [1.165, 1.54) is 0 Å². The van der Waals surface area contributed by atoms with Gasteiger partial charge in [0.05, 0.1) is 18.8 Å². The molecule has 0 aliphatic carbocycles. The van der Waals surface area contributed by atoms with Gasteiger partial charge < -0.3 is 19.4 Å². The number of anilines is 1. The normalized spacial score (nSPS) is 10.0. The fraction of sp³-hybridized carbons (Fsp3) is 0.500. The highest BCUT2D eigenvalue weighted by molar-refractivity contribution is 6.07. The maximum atomic E-state index is 11.9. The standard InChI is InChI=1S/C12H18N2O4/c1-5-17-11(15)8-7-14(4)10(13-3)9(8)12(16)18-6-2/h7,13H,5-6H2,1-4H3. The topological polar surface area (TPSA) is 69.6 Å². The molecule has 0 bridgehead atoms. The van der Waals surface area contributed by atoms with E-state index in [0.29, 0.717) is 5.82 Å². The number of hydrogen-bond acceptors (Lipinski definition) is 5. The van der Waals surface area contributed by atoms with Crippen molar-refractivity contribution in [3.8, 4) is 0 Å². The van der Waals surface area contributed by atoms with Crippen LogP contribution in [0.25, 0.3) is 0 Å². The quantitative estimate of drug-likeness (QED) is 0.805. The first-order chi connectivity index (χ1) is 8.56. The maximum Gasteiger partial charge on any atom is 0.342 e. The Morgan fingerprint density at radius 3 is 2.28 bits per heavy atom. The summed E-state index contributed by atoms with van der Waals surface area (Å²) in [5, 5.41) is 2.87. The van der Waals surface area contributed by atoms with E-state index >= 15 is 0 Å². The minimum atomic E-state index is -0.537. The summed E-state index contributed by atoms with van der Waals surface area (Å²) < 4.78 is 11.5. The molecular weight excluding hydrogens is 236 g/mol. The van der Waals surface area contributed by atoms with Crippen molar-refractivity contribution in [3.05, 3.63) is 17.3 Å². The fourth-order valence-corrected chi connectivity index (χ4v) is 1.70. The number of ether oxygens (including phenoxy) is 2. The van der Waals surface area contributed by atoms with Gasteiger partial charge in [0.2, 0.25) is 0 Å². The highest BCUT2D eigenvalue weighted by atomic mass is 16.5. The molecule has 0 spiro atoms. The van der Waals surface area contributed by atoms with Crippen molar-refractivity contribution >= 4 is 17.8 Å². The first kappa shape index (κ1) is 14.1. The van der Waals surface area contributed by atoms with Gasteiger partial charge in [-0.05, 0) is 13.8 Å². The van der Waals surface area contributed by atoms with Gasteiger partial charge in [-0.3, -0.25) is 0 Å². The molecule has 0 radical (unpaired) electrons. The van der Waals surface area contributed by atoms with Crippen molar-refractivity contribution in [2.24, 2.45) is 7.05 Å². The van der Waals surface area contributed by atoms with Crippen LogP contribution in [0, 0.1) is 0 Å². The first-order valence-electron chi connectivity index (χ1n) is 5.78. The molecule has 0 saturated carbocycles. The molecule has 1 N–H and O–H groups in total. The van der Waals surface area contributed by atoms with E-state index in [2.05, 4.69) is 5.32 Å². The second kappa shape index (κ2) is 6.09. The molecule has 6 nitrogen and oxygen atoms in total. The lowest BCUT2D eigenvalue weighted by Gasteiger charge is -2.07. The molecule has 0 aliphatic heterocycles. The smallest absolute Gasteiger partial charge is 0.342 e. The van der Waals surface area contributed by atoms with E-state index in [9.17, 15) is 9.59 Å². The summed E-state index contributed by atoms with van der Waals surface area (Å²) in [6, 6.07) is 0. The van der Waals surface area contributed by atoms with E-state index in [0.717, 1.165) is 0 Å². The molecular formula is C12H18N2O4. The van der Waals surface area contributed by atoms with Crippen LogP contribution in [-0.2, 0) is 16.5 Å². The number of rotatable bonds is 5. The van der Waals surface area contributed by atoms with Crippen molar-refractivity contribution in [1.29, 1.82) is 0 Å². The van der Waals surface area contributed by atoms with Gasteiger partial charge in [-0.25, -0.2) is 9.59 Å². The Kier molecular flexibility index (Phi) is 4.76. The Balaban J connectivity index is 3.25. The maximum absolute atomic E-state index is 11.9. The highest BCUT2D eigenvalue weighted by Gasteiger charge is 2.26. The Bertz CT molecular complexity index is 451. The number of esters is 2. The molecule has 6 heteroatoms. The van der Waals surface area contributed by atoms with Crippen LogP contribution in [0.15, 0.2) is 6.20 Å². The molecule has 18 heavy (non-hydrogen) atoms. The van der Waals surface area contributed by atoms with Crippen LogP contribution in [0.1, 0.15) is 34.6 Å². The van der Waals surface area contributed by atoms with Crippen molar-refractivity contribution in [1.82, 2.24) is 4.57 Å². The third kappa shape index (κ3) is 2.64. The molecule has 0 saturated heterocycles. The van der Waals surface area contributed by atoms with Gasteiger partial charge in [-0.15, -0.1) is 0 Å². The molecule has 0 aliphatic rings. The van der Waals surface area contributed by atoms with Gasteiger partial charge in [0.25, 0.3) is 0 Å². The number of aromatic nitrogens is 1. The minimum absolute atomic E-state index is 0.209. The van der Waals surface area contributed by atoms with Crippen molar-refractivity contribution in [2.75, 3.05) is 25.6 Å². The second-order valence-corrected chi connectivity index (χ2v) is 3.57. The number of carbonyl (C=O) groups is 2. The molecule has 0 unspecified atom stereocenters. The van der Waals surface area contributed by atoms with Gasteiger partial charge in [0, 0.05) is 20.3 Å². The number of aryl methyl sites for hydroxylation is 1. The molecule has 1 rings (SSSR count). The SMILES string of the molecule is CCOC(=O)c1cn(C)c(NC)c1C(=O)OCC. The summed E-state index contributed by atoms with van der Waals surface area (Å²) in [5.74, 6) is -0.542. The number of nitrogens with zero attached hydrogens (tertiary/aromatic N) is 1. The van der Waals surface area contributed by atoms with E-state index in [-0.39, 0.29) is 24.3 Å². The zero-order valence-corrected chi connectivity index (χ0v) is 11.1. The summed E-state index contributed by atoms with van der Waals surface area (Å²) >= 11 is 0. The second-order valence-electron chi connectivity index (χ2n) is 3.57. The van der Waals surface area contributed by atoms with Crippen molar-refractivity contribution < 1.29 is 19.1 Å². The predicted molar refractivity (Wildman–Crippen MR) is 66.9 cm³/mol. The predicted octanol–water partition coefficient (Wildman–Crippen LogP) is 1.42. The molecule has 0 amide bonds. The third-order valence-electron chi connectivity index (χ3n) is 2.39. The monoisotopic (exact) mass is 254 g/mol. The molecule has 1 aromatic heterocycles. The summed E-state index contributed by atoms with van der Waals surface area (Å²) in [5.41, 5.74) is 0.419. The highest BCUT2D eigenvalue weighted by Crippen LogP contribution is 2.23. The van der Waals surface area contributed by atoms with Gasteiger partial charge in [-0.1, -0.05) is 0 Å².